The fraction of sp³-hybridized carbons (Fsp3) is 0.312. The minimum absolute atomic E-state index is 0.306. The third-order valence-electron chi connectivity index (χ3n) is 3.03. The summed E-state index contributed by atoms with van der Waals surface area (Å²) in [5, 5.41) is 0. The molecule has 2 unspecified atom stereocenters. The summed E-state index contributed by atoms with van der Waals surface area (Å²) in [6, 6.07) is 12.4. The average Bonchev–Trinajstić information content (AvgIpc) is 2.47. The lowest BCUT2D eigenvalue weighted by Crippen LogP contribution is -2.41. The van der Waals surface area contributed by atoms with E-state index >= 15 is 0 Å². The molecule has 2 rings (SSSR count). The Kier molecular flexibility index (Phi) is 5.60. The molecule has 3 nitrogen and oxygen atoms in total. The van der Waals surface area contributed by atoms with Crippen molar-refractivity contribution in [2.45, 2.75) is 31.6 Å². The van der Waals surface area contributed by atoms with Crippen molar-refractivity contribution in [2.24, 2.45) is 0 Å². The summed E-state index contributed by atoms with van der Waals surface area (Å²) in [5.74, 6) is -0.582. The van der Waals surface area contributed by atoms with Gasteiger partial charge in [-0.2, -0.15) is 4.39 Å². The topological polar surface area (TPSA) is 48.0 Å². The number of rotatable bonds is 4. The van der Waals surface area contributed by atoms with Crippen LogP contribution in [-0.2, 0) is 11.4 Å². The van der Waals surface area contributed by atoms with E-state index in [1.165, 1.54) is 0 Å². The first-order chi connectivity index (χ1) is 10.3. The molecule has 0 fully saturated rings. The fourth-order valence-electron chi connectivity index (χ4n) is 1.82. The second-order valence-corrected chi connectivity index (χ2v) is 8.70. The van der Waals surface area contributed by atoms with Crippen LogP contribution in [0.4, 0.5) is 4.39 Å². The molecule has 0 spiro atoms. The van der Waals surface area contributed by atoms with Crippen molar-refractivity contribution in [3.63, 3.8) is 0 Å². The number of hydrogen-bond acceptors (Lipinski definition) is 3. The van der Waals surface area contributed by atoms with E-state index in [0.29, 0.717) is 10.2 Å². The first-order valence-corrected chi connectivity index (χ1v) is 8.78. The third kappa shape index (κ3) is 4.29. The van der Waals surface area contributed by atoms with E-state index < -0.39 is 28.1 Å². The van der Waals surface area contributed by atoms with E-state index in [4.69, 9.17) is 0 Å². The van der Waals surface area contributed by atoms with Crippen LogP contribution in [0.1, 0.15) is 38.1 Å². The second kappa shape index (κ2) is 7.08. The number of benzene rings is 1. The summed E-state index contributed by atoms with van der Waals surface area (Å²) in [7, 11) is 0. The SMILES string of the molecule is CC(C)(C)[S+]([O-])NC(c1ccccc1)c1ccc(Br)c(F)n1. The summed E-state index contributed by atoms with van der Waals surface area (Å²) in [6.45, 7) is 5.65. The molecule has 118 valence electrons. The normalized spacial score (nSPS) is 14.6. The Hall–Kier alpha value is -0.950. The van der Waals surface area contributed by atoms with E-state index in [2.05, 4.69) is 25.6 Å². The summed E-state index contributed by atoms with van der Waals surface area (Å²) in [5.41, 5.74) is 1.37. The molecule has 0 bridgehead atoms. The fourth-order valence-corrected chi connectivity index (χ4v) is 2.87. The zero-order valence-corrected chi connectivity index (χ0v) is 15.0. The Bertz CT molecular complexity index is 634. The smallest absolute Gasteiger partial charge is 0.227 e. The number of nitrogens with zero attached hydrogens (tertiary/aromatic N) is 1. The molecule has 1 aromatic carbocycles. The van der Waals surface area contributed by atoms with E-state index in [-0.39, 0.29) is 0 Å². The van der Waals surface area contributed by atoms with Gasteiger partial charge < -0.3 is 4.55 Å². The second-order valence-electron chi connectivity index (χ2n) is 5.85. The highest BCUT2D eigenvalue weighted by Crippen LogP contribution is 2.26. The van der Waals surface area contributed by atoms with Gasteiger partial charge in [0.25, 0.3) is 0 Å². The van der Waals surface area contributed by atoms with Gasteiger partial charge in [0.1, 0.15) is 10.8 Å². The van der Waals surface area contributed by atoms with Gasteiger partial charge in [0.15, 0.2) is 0 Å². The van der Waals surface area contributed by atoms with E-state index in [1.54, 1.807) is 12.1 Å². The van der Waals surface area contributed by atoms with E-state index in [1.807, 2.05) is 51.1 Å². The van der Waals surface area contributed by atoms with Crippen LogP contribution in [0.2, 0.25) is 0 Å². The molecule has 0 radical (unpaired) electrons. The van der Waals surface area contributed by atoms with Crippen LogP contribution in [0, 0.1) is 5.95 Å². The number of halogens is 2. The molecule has 6 heteroatoms. The largest absolute Gasteiger partial charge is 0.598 e. The summed E-state index contributed by atoms with van der Waals surface area (Å²) in [6.07, 6.45) is 0. The predicted octanol–water partition coefficient (Wildman–Crippen LogP) is 4.12. The zero-order chi connectivity index (χ0) is 16.3. The lowest BCUT2D eigenvalue weighted by atomic mass is 10.0. The quantitative estimate of drug-likeness (QED) is 0.636. The first kappa shape index (κ1) is 17.4. The molecular weight excluding hydrogens is 367 g/mol. The molecule has 22 heavy (non-hydrogen) atoms. The zero-order valence-electron chi connectivity index (χ0n) is 12.6. The Morgan fingerprint density at radius 1 is 1.18 bits per heavy atom. The third-order valence-corrected chi connectivity index (χ3v) is 5.19. The molecule has 0 saturated heterocycles. The van der Waals surface area contributed by atoms with Gasteiger partial charge >= 0.3 is 0 Å². The summed E-state index contributed by atoms with van der Waals surface area (Å²) < 4.78 is 29.1. The van der Waals surface area contributed by atoms with Crippen molar-refractivity contribution in [2.75, 3.05) is 0 Å². The molecule has 0 aliphatic rings. The molecular formula is C16H18BrFN2OS. The van der Waals surface area contributed by atoms with Crippen LogP contribution in [-0.4, -0.2) is 14.3 Å². The number of hydrogen-bond donors (Lipinski definition) is 1. The molecule has 2 aromatic rings. The molecule has 1 heterocycles. The Balaban J connectivity index is 2.39. The lowest BCUT2D eigenvalue weighted by Gasteiger charge is -2.28. The Labute approximate surface area is 141 Å². The van der Waals surface area contributed by atoms with E-state index in [9.17, 15) is 8.94 Å². The predicted molar refractivity (Wildman–Crippen MR) is 91.2 cm³/mol. The molecule has 1 N–H and O–H groups in total. The van der Waals surface area contributed by atoms with Crippen molar-refractivity contribution >= 4 is 27.3 Å². The van der Waals surface area contributed by atoms with Crippen molar-refractivity contribution in [1.82, 2.24) is 9.71 Å². The van der Waals surface area contributed by atoms with Gasteiger partial charge in [-0.25, -0.2) is 4.98 Å². The monoisotopic (exact) mass is 384 g/mol. The molecule has 0 amide bonds. The maximum atomic E-state index is 13.8. The number of pyridine rings is 1. The highest BCUT2D eigenvalue weighted by atomic mass is 79.9. The summed E-state index contributed by atoms with van der Waals surface area (Å²) >= 11 is 1.79. The number of nitrogens with one attached hydrogen (secondary N) is 1. The Morgan fingerprint density at radius 2 is 1.82 bits per heavy atom. The molecule has 0 aliphatic carbocycles. The van der Waals surface area contributed by atoms with Gasteiger partial charge in [-0.05, 0) is 54.4 Å². The van der Waals surface area contributed by atoms with Crippen molar-refractivity contribution in [3.8, 4) is 0 Å². The lowest BCUT2D eigenvalue weighted by molar-refractivity contribution is 0.527. The van der Waals surface area contributed by atoms with Gasteiger partial charge in [0.2, 0.25) is 5.95 Å². The molecule has 0 saturated carbocycles. The summed E-state index contributed by atoms with van der Waals surface area (Å²) in [4.78, 5) is 3.97. The Morgan fingerprint density at radius 3 is 2.36 bits per heavy atom. The van der Waals surface area contributed by atoms with Crippen LogP contribution in [0.3, 0.4) is 0 Å². The van der Waals surface area contributed by atoms with Gasteiger partial charge in [-0.15, -0.1) is 4.72 Å². The van der Waals surface area contributed by atoms with Crippen LogP contribution in [0.25, 0.3) is 0 Å². The highest BCUT2D eigenvalue weighted by molar-refractivity contribution is 9.10. The van der Waals surface area contributed by atoms with Gasteiger partial charge in [0.05, 0.1) is 10.2 Å². The average molecular weight is 385 g/mol. The first-order valence-electron chi connectivity index (χ1n) is 6.84. The minimum Gasteiger partial charge on any atom is -0.598 e. The highest BCUT2D eigenvalue weighted by Gasteiger charge is 2.31. The van der Waals surface area contributed by atoms with Crippen molar-refractivity contribution in [3.05, 3.63) is 64.1 Å². The van der Waals surface area contributed by atoms with Crippen LogP contribution in [0.15, 0.2) is 46.9 Å². The molecule has 0 aliphatic heterocycles. The number of aromatic nitrogens is 1. The van der Waals surface area contributed by atoms with Gasteiger partial charge in [-0.1, -0.05) is 30.3 Å². The van der Waals surface area contributed by atoms with Crippen LogP contribution < -0.4 is 4.72 Å². The minimum atomic E-state index is -1.30. The maximum absolute atomic E-state index is 13.8. The molecule has 1 aromatic heterocycles. The van der Waals surface area contributed by atoms with Crippen LogP contribution >= 0.6 is 15.9 Å². The molecule has 2 atom stereocenters. The van der Waals surface area contributed by atoms with Crippen molar-refractivity contribution in [1.29, 1.82) is 0 Å². The van der Waals surface area contributed by atoms with E-state index in [0.717, 1.165) is 5.56 Å². The van der Waals surface area contributed by atoms with Gasteiger partial charge in [-0.3, -0.25) is 0 Å². The standard InChI is InChI=1S/C16H18BrFN2OS/c1-16(2,3)22(21)20-14(11-7-5-4-6-8-11)13-10-9-12(17)15(18)19-13/h4-10,14,20H,1-3H3. The maximum Gasteiger partial charge on any atom is 0.227 e. The van der Waals surface area contributed by atoms with Crippen molar-refractivity contribution < 1.29 is 8.94 Å². The van der Waals surface area contributed by atoms with Crippen LogP contribution in [0.5, 0.6) is 0 Å². The van der Waals surface area contributed by atoms with Gasteiger partial charge in [0, 0.05) is 11.4 Å².